The summed E-state index contributed by atoms with van der Waals surface area (Å²) in [7, 11) is 0. The van der Waals surface area contributed by atoms with E-state index in [1.54, 1.807) is 48.5 Å². The number of Topliss-reactive ketones (excluding diaryl/α,β-unsaturated/α-hetero) is 1. The van der Waals surface area contributed by atoms with Crippen molar-refractivity contribution in [3.8, 4) is 0 Å². The minimum absolute atomic E-state index is 0.180. The Kier molecular flexibility index (Phi) is 6.79. The Labute approximate surface area is 151 Å². The van der Waals surface area contributed by atoms with E-state index in [1.165, 1.54) is 6.07 Å². The Morgan fingerprint density at radius 2 is 1.62 bits per heavy atom. The molecule has 0 aromatic heterocycles. The van der Waals surface area contributed by atoms with E-state index in [2.05, 4.69) is 0 Å². The third kappa shape index (κ3) is 4.85. The number of rotatable bonds is 9. The van der Waals surface area contributed by atoms with Gasteiger partial charge in [0.25, 0.3) is 0 Å². The quantitative estimate of drug-likeness (QED) is 0.269. The topological polar surface area (TPSA) is 142 Å². The molecule has 0 saturated heterocycles. The van der Waals surface area contributed by atoms with E-state index in [-0.39, 0.29) is 17.0 Å². The van der Waals surface area contributed by atoms with Gasteiger partial charge in [0.1, 0.15) is 11.4 Å². The summed E-state index contributed by atoms with van der Waals surface area (Å²) in [6, 6.07) is 14.0. The molecule has 2 aromatic carbocycles. The van der Waals surface area contributed by atoms with Gasteiger partial charge in [0.05, 0.1) is 12.2 Å². The highest BCUT2D eigenvalue weighted by atomic mass is 16.7. The van der Waals surface area contributed by atoms with Gasteiger partial charge in [-0.05, 0) is 43.5 Å². The number of carbonyl (C=O) groups is 1. The van der Waals surface area contributed by atoms with Gasteiger partial charge in [-0.25, -0.2) is 10.1 Å². The number of ketones is 1. The summed E-state index contributed by atoms with van der Waals surface area (Å²) in [5, 5.41) is 12.0. The molecule has 2 aromatic rings. The summed E-state index contributed by atoms with van der Waals surface area (Å²) < 4.78 is 0. The average Bonchev–Trinajstić information content (AvgIpc) is 2.62. The van der Waals surface area contributed by atoms with E-state index in [0.29, 0.717) is 24.9 Å². The monoisotopic (exact) mass is 357 g/mol. The first-order valence-electron chi connectivity index (χ1n) is 8.31. The number of hydrogen-bond acceptors (Lipinski definition) is 6. The van der Waals surface area contributed by atoms with Crippen LogP contribution in [-0.4, -0.2) is 23.0 Å². The van der Waals surface area contributed by atoms with Crippen molar-refractivity contribution in [2.24, 2.45) is 17.2 Å². The largest absolute Gasteiger partial charge is 0.321 e. The number of nitrogens with zero attached hydrogens (tertiary/aromatic N) is 2. The lowest BCUT2D eigenvalue weighted by Gasteiger charge is -2.19. The molecule has 0 amide bonds. The van der Waals surface area contributed by atoms with Crippen molar-refractivity contribution in [2.75, 3.05) is 5.01 Å². The normalized spacial score (nSPS) is 12.0. The second kappa shape index (κ2) is 9.04. The molecule has 1 atom stereocenters. The first-order chi connectivity index (χ1) is 12.4. The van der Waals surface area contributed by atoms with Gasteiger partial charge in [-0.3, -0.25) is 4.79 Å². The third-order valence-electron chi connectivity index (χ3n) is 3.95. The van der Waals surface area contributed by atoms with Gasteiger partial charge in [-0.1, -0.05) is 35.3 Å². The van der Waals surface area contributed by atoms with Gasteiger partial charge in [0.15, 0.2) is 10.8 Å². The van der Waals surface area contributed by atoms with Crippen molar-refractivity contribution in [1.82, 2.24) is 0 Å². The van der Waals surface area contributed by atoms with Gasteiger partial charge in [-0.2, -0.15) is 0 Å². The van der Waals surface area contributed by atoms with Crippen LogP contribution in [0, 0.1) is 10.1 Å². The Hall–Kier alpha value is -2.81. The van der Waals surface area contributed by atoms with Crippen LogP contribution in [-0.2, 0) is 0 Å². The first kappa shape index (κ1) is 19.5. The van der Waals surface area contributed by atoms with Crippen molar-refractivity contribution in [1.29, 1.82) is 0 Å². The van der Waals surface area contributed by atoms with Crippen LogP contribution in [0.4, 0.5) is 11.4 Å². The minimum atomic E-state index is -0.778. The molecule has 0 spiro atoms. The zero-order chi connectivity index (χ0) is 19.1. The molecule has 0 heterocycles. The van der Waals surface area contributed by atoms with Crippen LogP contribution in [0.5, 0.6) is 0 Å². The van der Waals surface area contributed by atoms with E-state index in [1.807, 2.05) is 0 Å². The maximum Gasteiger partial charge on any atom is 0.181 e. The summed E-state index contributed by atoms with van der Waals surface area (Å²) >= 11 is 0. The standard InChI is InChI=1S/C18H23N5O3/c19-15(10-6-12-17(20)21)18(24)14-9-4-5-11-16(14)22(23(25)26)13-7-2-1-3-8-13/h1-5,7-9,11,15,17H,6,10,12,19-21H2/t15-/m0/s1. The van der Waals surface area contributed by atoms with Crippen molar-refractivity contribution >= 4 is 17.2 Å². The highest BCUT2D eigenvalue weighted by Gasteiger charge is 2.27. The molecule has 8 heteroatoms. The minimum Gasteiger partial charge on any atom is -0.321 e. The molecule has 0 fully saturated rings. The van der Waals surface area contributed by atoms with Crippen LogP contribution >= 0.6 is 0 Å². The van der Waals surface area contributed by atoms with Gasteiger partial charge < -0.3 is 17.2 Å². The van der Waals surface area contributed by atoms with E-state index in [9.17, 15) is 14.9 Å². The predicted octanol–water partition coefficient (Wildman–Crippen LogP) is 1.94. The van der Waals surface area contributed by atoms with Crippen molar-refractivity contribution in [2.45, 2.75) is 31.5 Å². The van der Waals surface area contributed by atoms with Gasteiger partial charge in [0, 0.05) is 5.56 Å². The van der Waals surface area contributed by atoms with Crippen LogP contribution < -0.4 is 22.2 Å². The zero-order valence-corrected chi connectivity index (χ0v) is 14.3. The average molecular weight is 357 g/mol. The van der Waals surface area contributed by atoms with Gasteiger partial charge >= 0.3 is 0 Å². The number of hydrogen-bond donors (Lipinski definition) is 3. The Bertz CT molecular complexity index is 752. The van der Waals surface area contributed by atoms with Crippen LogP contribution in [0.25, 0.3) is 0 Å². The molecular formula is C18H23N5O3. The van der Waals surface area contributed by atoms with Crippen LogP contribution in [0.2, 0.25) is 0 Å². The number of para-hydroxylation sites is 2. The maximum absolute atomic E-state index is 12.8. The Morgan fingerprint density at radius 3 is 2.23 bits per heavy atom. The van der Waals surface area contributed by atoms with E-state index in [0.717, 1.165) is 5.01 Å². The summed E-state index contributed by atoms with van der Waals surface area (Å²) in [6.07, 6.45) is 1.10. The fraction of sp³-hybridized carbons (Fsp3) is 0.278. The van der Waals surface area contributed by atoms with Gasteiger partial charge in [-0.15, -0.1) is 0 Å². The number of carbonyl (C=O) groups excluding carboxylic acids is 1. The van der Waals surface area contributed by atoms with Crippen molar-refractivity contribution < 1.29 is 9.83 Å². The molecule has 6 N–H and O–H groups in total. The number of anilines is 2. The molecule has 138 valence electrons. The Balaban J connectivity index is 2.31. The second-order valence-corrected chi connectivity index (χ2v) is 5.97. The molecule has 0 radical (unpaired) electrons. The lowest BCUT2D eigenvalue weighted by Crippen LogP contribution is -2.34. The molecule has 0 saturated carbocycles. The molecule has 0 aliphatic heterocycles. The first-order valence-corrected chi connectivity index (χ1v) is 8.31. The maximum atomic E-state index is 12.8. The molecule has 0 bridgehead atoms. The molecule has 0 unspecified atom stereocenters. The lowest BCUT2D eigenvalue weighted by molar-refractivity contribution is -0.483. The molecule has 0 aliphatic rings. The van der Waals surface area contributed by atoms with E-state index < -0.39 is 17.2 Å². The highest BCUT2D eigenvalue weighted by molar-refractivity contribution is 6.05. The lowest BCUT2D eigenvalue weighted by atomic mass is 9.98. The number of nitro groups is 1. The smallest absolute Gasteiger partial charge is 0.181 e. The van der Waals surface area contributed by atoms with Crippen molar-refractivity contribution in [3.05, 3.63) is 70.3 Å². The number of nitrogens with two attached hydrogens (primary N) is 3. The number of hydrazine groups is 1. The SMILES string of the molecule is NC(N)CCC[C@H](N)C(=O)c1ccccc1N(c1ccccc1)[N+](=O)[O-]. The predicted molar refractivity (Wildman–Crippen MR) is 100 cm³/mol. The summed E-state index contributed by atoms with van der Waals surface area (Å²) in [5.41, 5.74) is 17.7. The summed E-state index contributed by atoms with van der Waals surface area (Å²) in [5.74, 6) is -0.353. The van der Waals surface area contributed by atoms with Gasteiger partial charge in [0.2, 0.25) is 0 Å². The summed E-state index contributed by atoms with van der Waals surface area (Å²) in [6.45, 7) is 0. The Morgan fingerprint density at radius 1 is 1.00 bits per heavy atom. The van der Waals surface area contributed by atoms with Crippen LogP contribution in [0.1, 0.15) is 29.6 Å². The van der Waals surface area contributed by atoms with E-state index in [4.69, 9.17) is 17.2 Å². The fourth-order valence-electron chi connectivity index (χ4n) is 2.66. The second-order valence-electron chi connectivity index (χ2n) is 5.97. The summed E-state index contributed by atoms with van der Waals surface area (Å²) in [4.78, 5) is 24.4. The fourth-order valence-corrected chi connectivity index (χ4v) is 2.66. The molecular weight excluding hydrogens is 334 g/mol. The highest BCUT2D eigenvalue weighted by Crippen LogP contribution is 2.29. The van der Waals surface area contributed by atoms with E-state index >= 15 is 0 Å². The van der Waals surface area contributed by atoms with Crippen LogP contribution in [0.15, 0.2) is 54.6 Å². The molecule has 0 aliphatic carbocycles. The molecule has 2 rings (SSSR count). The third-order valence-corrected chi connectivity index (χ3v) is 3.95. The van der Waals surface area contributed by atoms with Crippen LogP contribution in [0.3, 0.4) is 0 Å². The molecule has 26 heavy (non-hydrogen) atoms. The molecule has 8 nitrogen and oxygen atoms in total. The number of benzene rings is 2. The zero-order valence-electron chi connectivity index (χ0n) is 14.3. The van der Waals surface area contributed by atoms with Crippen molar-refractivity contribution in [3.63, 3.8) is 0 Å².